The van der Waals surface area contributed by atoms with Crippen LogP contribution in [0.4, 0.5) is 10.6 Å². The van der Waals surface area contributed by atoms with E-state index in [2.05, 4.69) is 21.3 Å². The van der Waals surface area contributed by atoms with E-state index < -0.39 is 5.60 Å². The highest BCUT2D eigenvalue weighted by Gasteiger charge is 2.28. The fourth-order valence-electron chi connectivity index (χ4n) is 3.27. The molecule has 1 aromatic heterocycles. The first-order valence-corrected chi connectivity index (χ1v) is 8.73. The van der Waals surface area contributed by atoms with Crippen molar-refractivity contribution in [3.05, 3.63) is 22.9 Å². The van der Waals surface area contributed by atoms with E-state index in [1.54, 1.807) is 11.1 Å². The summed E-state index contributed by atoms with van der Waals surface area (Å²) in [5.74, 6) is 0.958. The third kappa shape index (κ3) is 3.85. The monoisotopic (exact) mass is 343 g/mol. The fourth-order valence-corrected chi connectivity index (χ4v) is 3.27. The Morgan fingerprint density at radius 1 is 1.28 bits per heavy atom. The fraction of sp³-hybridized carbons (Fsp3) is 0.611. The molecule has 0 saturated carbocycles. The Morgan fingerprint density at radius 3 is 2.64 bits per heavy atom. The van der Waals surface area contributed by atoms with Crippen molar-refractivity contribution in [2.45, 2.75) is 39.3 Å². The molecule has 7 nitrogen and oxygen atoms in total. The number of aromatic nitrogens is 1. The van der Waals surface area contributed by atoms with Crippen LogP contribution in [-0.4, -0.2) is 54.3 Å². The molecular formula is C18H25N5O2. The molecule has 0 aliphatic carbocycles. The minimum atomic E-state index is -0.477. The van der Waals surface area contributed by atoms with Crippen molar-refractivity contribution in [2.75, 3.05) is 37.6 Å². The Morgan fingerprint density at radius 2 is 2.00 bits per heavy atom. The lowest BCUT2D eigenvalue weighted by atomic mass is 9.97. The predicted molar refractivity (Wildman–Crippen MR) is 94.4 cm³/mol. The zero-order chi connectivity index (χ0) is 18.0. The third-order valence-electron chi connectivity index (χ3n) is 4.48. The molecule has 1 N–H and O–H groups in total. The van der Waals surface area contributed by atoms with Crippen molar-refractivity contribution in [1.29, 1.82) is 5.26 Å². The lowest BCUT2D eigenvalue weighted by molar-refractivity contribution is 0.0240. The van der Waals surface area contributed by atoms with Gasteiger partial charge in [0.2, 0.25) is 0 Å². The van der Waals surface area contributed by atoms with Gasteiger partial charge in [0.25, 0.3) is 0 Å². The number of fused-ring (bicyclic) bond motifs is 1. The van der Waals surface area contributed by atoms with Gasteiger partial charge in [-0.25, -0.2) is 9.78 Å². The van der Waals surface area contributed by atoms with Crippen molar-refractivity contribution in [3.63, 3.8) is 0 Å². The highest BCUT2D eigenvalue weighted by molar-refractivity contribution is 5.68. The van der Waals surface area contributed by atoms with Gasteiger partial charge in [-0.05, 0) is 39.3 Å². The van der Waals surface area contributed by atoms with E-state index in [1.165, 1.54) is 5.56 Å². The van der Waals surface area contributed by atoms with Crippen LogP contribution in [-0.2, 0) is 17.7 Å². The Labute approximate surface area is 148 Å². The quantitative estimate of drug-likeness (QED) is 0.835. The number of pyridine rings is 1. The average molecular weight is 343 g/mol. The van der Waals surface area contributed by atoms with Gasteiger partial charge >= 0.3 is 6.09 Å². The van der Waals surface area contributed by atoms with Crippen LogP contribution < -0.4 is 10.2 Å². The van der Waals surface area contributed by atoms with E-state index in [4.69, 9.17) is 4.74 Å². The second-order valence-corrected chi connectivity index (χ2v) is 7.45. The van der Waals surface area contributed by atoms with Crippen LogP contribution in [0.1, 0.15) is 37.5 Å². The molecule has 1 aromatic rings. The Bertz CT molecular complexity index is 697. The van der Waals surface area contributed by atoms with Crippen LogP contribution >= 0.6 is 0 Å². The molecule has 1 amide bonds. The summed E-state index contributed by atoms with van der Waals surface area (Å²) in [6, 6.07) is 2.24. The Balaban J connectivity index is 1.72. The molecule has 2 aliphatic heterocycles. The summed E-state index contributed by atoms with van der Waals surface area (Å²) in [5.41, 5.74) is 2.41. The van der Waals surface area contributed by atoms with Crippen molar-refractivity contribution < 1.29 is 9.53 Å². The predicted octanol–water partition coefficient (Wildman–Crippen LogP) is 1.66. The van der Waals surface area contributed by atoms with Crippen molar-refractivity contribution in [1.82, 2.24) is 15.2 Å². The third-order valence-corrected chi connectivity index (χ3v) is 4.48. The van der Waals surface area contributed by atoms with E-state index in [-0.39, 0.29) is 6.09 Å². The molecule has 1 fully saturated rings. The molecule has 0 unspecified atom stereocenters. The number of rotatable bonds is 1. The Kier molecular flexibility index (Phi) is 4.82. The van der Waals surface area contributed by atoms with Crippen molar-refractivity contribution in [2.24, 2.45) is 0 Å². The molecule has 2 aliphatic rings. The number of nitrogens with zero attached hydrogens (tertiary/aromatic N) is 4. The first kappa shape index (κ1) is 17.5. The van der Waals surface area contributed by atoms with Gasteiger partial charge < -0.3 is 19.9 Å². The lowest BCUT2D eigenvalue weighted by Crippen LogP contribution is -2.50. The molecule has 3 rings (SSSR count). The minimum Gasteiger partial charge on any atom is -0.444 e. The number of hydrogen-bond donors (Lipinski definition) is 1. The summed E-state index contributed by atoms with van der Waals surface area (Å²) in [5, 5.41) is 12.6. The van der Waals surface area contributed by atoms with Crippen LogP contribution in [0.25, 0.3) is 0 Å². The highest BCUT2D eigenvalue weighted by Crippen LogP contribution is 2.27. The zero-order valence-electron chi connectivity index (χ0n) is 15.1. The summed E-state index contributed by atoms with van der Waals surface area (Å²) in [6.07, 6.45) is 2.28. The van der Waals surface area contributed by atoms with Gasteiger partial charge in [-0.1, -0.05) is 0 Å². The zero-order valence-corrected chi connectivity index (χ0v) is 15.1. The van der Waals surface area contributed by atoms with Gasteiger partial charge in [0, 0.05) is 44.5 Å². The van der Waals surface area contributed by atoms with Gasteiger partial charge in [0.1, 0.15) is 17.5 Å². The van der Waals surface area contributed by atoms with Gasteiger partial charge in [-0.15, -0.1) is 0 Å². The second kappa shape index (κ2) is 6.89. The normalized spacial score (nSPS) is 17.7. The van der Waals surface area contributed by atoms with Crippen LogP contribution in [0.15, 0.2) is 6.20 Å². The standard InChI is InChI=1S/C18H25N5O2/c1-18(2,3)25-17(24)23-8-6-22(7-9-23)16-14-4-5-20-12-15(14)13(10-19)11-21-16/h11,20H,4-9,12H2,1-3H3. The maximum atomic E-state index is 12.2. The van der Waals surface area contributed by atoms with Gasteiger partial charge in [-0.3, -0.25) is 0 Å². The lowest BCUT2D eigenvalue weighted by Gasteiger charge is -2.37. The smallest absolute Gasteiger partial charge is 0.410 e. The number of nitriles is 1. The van der Waals surface area contributed by atoms with Crippen LogP contribution in [0.2, 0.25) is 0 Å². The number of nitrogens with one attached hydrogen (secondary N) is 1. The van der Waals surface area contributed by atoms with Gasteiger partial charge in [-0.2, -0.15) is 5.26 Å². The van der Waals surface area contributed by atoms with E-state index >= 15 is 0 Å². The number of hydrogen-bond acceptors (Lipinski definition) is 6. The molecule has 134 valence electrons. The van der Waals surface area contributed by atoms with E-state index in [1.807, 2.05) is 20.8 Å². The number of anilines is 1. The molecule has 1 saturated heterocycles. The van der Waals surface area contributed by atoms with Crippen LogP contribution in [0.5, 0.6) is 0 Å². The summed E-state index contributed by atoms with van der Waals surface area (Å²) in [7, 11) is 0. The molecule has 0 atom stereocenters. The van der Waals surface area contributed by atoms with Crippen LogP contribution in [0, 0.1) is 11.3 Å². The van der Waals surface area contributed by atoms with E-state index in [0.717, 1.165) is 37.4 Å². The topological polar surface area (TPSA) is 81.5 Å². The molecule has 7 heteroatoms. The summed E-state index contributed by atoms with van der Waals surface area (Å²) in [6.45, 7) is 9.91. The first-order chi connectivity index (χ1) is 11.9. The number of carbonyl (C=O) groups is 1. The minimum absolute atomic E-state index is 0.258. The molecule has 0 bridgehead atoms. The highest BCUT2D eigenvalue weighted by atomic mass is 16.6. The molecule has 0 spiro atoms. The number of ether oxygens (including phenoxy) is 1. The van der Waals surface area contributed by atoms with Gasteiger partial charge in [0.15, 0.2) is 0 Å². The second-order valence-electron chi connectivity index (χ2n) is 7.45. The molecule has 3 heterocycles. The van der Waals surface area contributed by atoms with E-state index in [0.29, 0.717) is 25.2 Å². The van der Waals surface area contributed by atoms with Crippen LogP contribution in [0.3, 0.4) is 0 Å². The van der Waals surface area contributed by atoms with Gasteiger partial charge in [0.05, 0.1) is 5.56 Å². The summed E-state index contributed by atoms with van der Waals surface area (Å²) >= 11 is 0. The van der Waals surface area contributed by atoms with Crippen molar-refractivity contribution >= 4 is 11.9 Å². The number of amides is 1. The number of piperazine rings is 1. The van der Waals surface area contributed by atoms with Crippen molar-refractivity contribution in [3.8, 4) is 6.07 Å². The Hall–Kier alpha value is -2.33. The number of carbonyl (C=O) groups excluding carboxylic acids is 1. The average Bonchev–Trinajstić information content (AvgIpc) is 2.59. The molecular weight excluding hydrogens is 318 g/mol. The largest absolute Gasteiger partial charge is 0.444 e. The SMILES string of the molecule is CC(C)(C)OC(=O)N1CCN(c2ncc(C#N)c3c2CCNC3)CC1. The summed E-state index contributed by atoms with van der Waals surface area (Å²) in [4.78, 5) is 20.7. The maximum Gasteiger partial charge on any atom is 0.410 e. The maximum absolute atomic E-state index is 12.2. The molecule has 25 heavy (non-hydrogen) atoms. The first-order valence-electron chi connectivity index (χ1n) is 8.73. The molecule has 0 radical (unpaired) electrons. The molecule has 0 aromatic carbocycles. The van der Waals surface area contributed by atoms with E-state index in [9.17, 15) is 10.1 Å². The summed E-state index contributed by atoms with van der Waals surface area (Å²) < 4.78 is 5.45.